The molecule has 0 atom stereocenters. The molecule has 9 heavy (non-hydrogen) atoms. The molecule has 1 fully saturated rings. The Hall–Kier alpha value is -0.120. The maximum Gasteiger partial charge on any atom is 0.222 e. The standard InChI is InChI=1S/C6H13NO2/c1-3-4-7(2)6-8-5-9-6/h6H,3-5H2,1-2H3. The minimum atomic E-state index is -0.0649. The van der Waals surface area contributed by atoms with Gasteiger partial charge in [-0.25, -0.2) is 0 Å². The molecule has 0 amide bonds. The molecule has 1 rings (SSSR count). The molecule has 1 aliphatic heterocycles. The first kappa shape index (κ1) is 6.99. The summed E-state index contributed by atoms with van der Waals surface area (Å²) in [5.74, 6) is 0. The Morgan fingerprint density at radius 2 is 2.22 bits per heavy atom. The van der Waals surface area contributed by atoms with E-state index in [2.05, 4.69) is 6.92 Å². The zero-order chi connectivity index (χ0) is 6.69. The van der Waals surface area contributed by atoms with Crippen molar-refractivity contribution in [2.24, 2.45) is 0 Å². The lowest BCUT2D eigenvalue weighted by Gasteiger charge is -2.33. The lowest BCUT2D eigenvalue weighted by molar-refractivity contribution is -0.371. The fourth-order valence-corrected chi connectivity index (χ4v) is 0.841. The van der Waals surface area contributed by atoms with Gasteiger partial charge in [-0.1, -0.05) is 6.92 Å². The van der Waals surface area contributed by atoms with Gasteiger partial charge in [-0.2, -0.15) is 0 Å². The fourth-order valence-electron chi connectivity index (χ4n) is 0.841. The summed E-state index contributed by atoms with van der Waals surface area (Å²) in [6.45, 7) is 3.62. The van der Waals surface area contributed by atoms with E-state index in [-0.39, 0.29) is 6.41 Å². The zero-order valence-electron chi connectivity index (χ0n) is 5.96. The van der Waals surface area contributed by atoms with Crippen LogP contribution in [0.1, 0.15) is 13.3 Å². The largest absolute Gasteiger partial charge is 0.313 e. The first-order valence-electron chi connectivity index (χ1n) is 3.28. The van der Waals surface area contributed by atoms with Crippen LogP contribution in [0.5, 0.6) is 0 Å². The molecule has 0 aromatic rings. The highest BCUT2D eigenvalue weighted by molar-refractivity contribution is 4.50. The molecule has 0 radical (unpaired) electrons. The quantitative estimate of drug-likeness (QED) is 0.560. The van der Waals surface area contributed by atoms with Crippen LogP contribution in [-0.4, -0.2) is 31.7 Å². The van der Waals surface area contributed by atoms with Crippen LogP contribution in [0.25, 0.3) is 0 Å². The number of nitrogens with zero attached hydrogens (tertiary/aromatic N) is 1. The SMILES string of the molecule is CCCN(C)C1OCO1. The van der Waals surface area contributed by atoms with Gasteiger partial charge in [0.2, 0.25) is 6.41 Å². The highest BCUT2D eigenvalue weighted by Crippen LogP contribution is 2.10. The number of hydrogen-bond donors (Lipinski definition) is 0. The van der Waals surface area contributed by atoms with E-state index in [4.69, 9.17) is 9.47 Å². The van der Waals surface area contributed by atoms with Crippen molar-refractivity contribution >= 4 is 0 Å². The molecule has 0 unspecified atom stereocenters. The summed E-state index contributed by atoms with van der Waals surface area (Å²) in [5, 5.41) is 0. The van der Waals surface area contributed by atoms with Gasteiger partial charge in [0.15, 0.2) is 6.79 Å². The van der Waals surface area contributed by atoms with Crippen molar-refractivity contribution in [3.05, 3.63) is 0 Å². The van der Waals surface area contributed by atoms with E-state index in [0.29, 0.717) is 6.79 Å². The molecule has 0 saturated carbocycles. The third kappa shape index (κ3) is 1.64. The third-order valence-corrected chi connectivity index (χ3v) is 1.36. The van der Waals surface area contributed by atoms with Gasteiger partial charge in [0.25, 0.3) is 0 Å². The Balaban J connectivity index is 2.08. The third-order valence-electron chi connectivity index (χ3n) is 1.36. The molecule has 1 saturated heterocycles. The maximum atomic E-state index is 5.05. The number of ether oxygens (including phenoxy) is 2. The smallest absolute Gasteiger partial charge is 0.222 e. The van der Waals surface area contributed by atoms with Crippen LogP contribution in [0.4, 0.5) is 0 Å². The molecule has 3 nitrogen and oxygen atoms in total. The van der Waals surface area contributed by atoms with Crippen LogP contribution < -0.4 is 0 Å². The second-order valence-corrected chi connectivity index (χ2v) is 2.24. The van der Waals surface area contributed by atoms with Crippen LogP contribution in [-0.2, 0) is 9.47 Å². The van der Waals surface area contributed by atoms with E-state index in [1.807, 2.05) is 11.9 Å². The van der Waals surface area contributed by atoms with E-state index in [1.54, 1.807) is 0 Å². The van der Waals surface area contributed by atoms with Gasteiger partial charge in [-0.3, -0.25) is 4.90 Å². The summed E-state index contributed by atoms with van der Waals surface area (Å²) in [6.07, 6.45) is 1.07. The summed E-state index contributed by atoms with van der Waals surface area (Å²) in [5.41, 5.74) is 0. The van der Waals surface area contributed by atoms with Crippen LogP contribution in [0.15, 0.2) is 0 Å². The Bertz CT molecular complexity index is 83.1. The first-order valence-corrected chi connectivity index (χ1v) is 3.28. The van der Waals surface area contributed by atoms with Crippen molar-refractivity contribution in [3.8, 4) is 0 Å². The normalized spacial score (nSPS) is 20.3. The maximum absolute atomic E-state index is 5.05. The summed E-state index contributed by atoms with van der Waals surface area (Å²) < 4.78 is 10.1. The second-order valence-electron chi connectivity index (χ2n) is 2.24. The van der Waals surface area contributed by atoms with Crippen LogP contribution >= 0.6 is 0 Å². The topological polar surface area (TPSA) is 21.7 Å². The molecule has 1 heterocycles. The summed E-state index contributed by atoms with van der Waals surface area (Å²) >= 11 is 0. The van der Waals surface area contributed by atoms with E-state index >= 15 is 0 Å². The van der Waals surface area contributed by atoms with Gasteiger partial charge in [-0.15, -0.1) is 0 Å². The van der Waals surface area contributed by atoms with Gasteiger partial charge >= 0.3 is 0 Å². The highest BCUT2D eigenvalue weighted by Gasteiger charge is 2.22. The van der Waals surface area contributed by atoms with Crippen molar-refractivity contribution in [2.75, 3.05) is 20.4 Å². The van der Waals surface area contributed by atoms with Crippen molar-refractivity contribution < 1.29 is 9.47 Å². The molecule has 0 bridgehead atoms. The van der Waals surface area contributed by atoms with Crippen molar-refractivity contribution in [3.63, 3.8) is 0 Å². The van der Waals surface area contributed by atoms with Gasteiger partial charge < -0.3 is 9.47 Å². The van der Waals surface area contributed by atoms with Crippen LogP contribution in [0.3, 0.4) is 0 Å². The molecule has 0 spiro atoms. The van der Waals surface area contributed by atoms with Gasteiger partial charge in [0.1, 0.15) is 0 Å². The molecular formula is C6H13NO2. The van der Waals surface area contributed by atoms with Crippen molar-refractivity contribution in [1.82, 2.24) is 4.90 Å². The van der Waals surface area contributed by atoms with Gasteiger partial charge in [0, 0.05) is 6.54 Å². The minimum Gasteiger partial charge on any atom is -0.313 e. The Labute approximate surface area is 55.5 Å². The molecule has 0 aromatic heterocycles. The fraction of sp³-hybridized carbons (Fsp3) is 1.00. The van der Waals surface area contributed by atoms with Gasteiger partial charge in [-0.05, 0) is 13.5 Å². The average Bonchev–Trinajstić information content (AvgIpc) is 1.60. The second kappa shape index (κ2) is 3.15. The molecule has 54 valence electrons. The monoisotopic (exact) mass is 131 g/mol. The van der Waals surface area contributed by atoms with E-state index < -0.39 is 0 Å². The lowest BCUT2D eigenvalue weighted by Crippen LogP contribution is -2.44. The average molecular weight is 131 g/mol. The summed E-state index contributed by atoms with van der Waals surface area (Å²) in [7, 11) is 1.99. The van der Waals surface area contributed by atoms with Gasteiger partial charge in [0.05, 0.1) is 0 Å². The van der Waals surface area contributed by atoms with E-state index in [0.717, 1.165) is 13.0 Å². The Morgan fingerprint density at radius 3 is 2.56 bits per heavy atom. The molecular weight excluding hydrogens is 118 g/mol. The predicted molar refractivity (Wildman–Crippen MR) is 33.7 cm³/mol. The van der Waals surface area contributed by atoms with Crippen molar-refractivity contribution in [1.29, 1.82) is 0 Å². The predicted octanol–water partition coefficient (Wildman–Crippen LogP) is 0.616. The Kier molecular flexibility index (Phi) is 2.45. The summed E-state index contributed by atoms with van der Waals surface area (Å²) in [6, 6.07) is 0. The molecule has 0 aromatic carbocycles. The highest BCUT2D eigenvalue weighted by atomic mass is 16.9. The molecule has 3 heteroatoms. The zero-order valence-corrected chi connectivity index (χ0v) is 5.96. The minimum absolute atomic E-state index is 0.0649. The van der Waals surface area contributed by atoms with Crippen molar-refractivity contribution in [2.45, 2.75) is 19.8 Å². The number of hydrogen-bond acceptors (Lipinski definition) is 3. The van der Waals surface area contributed by atoms with E-state index in [9.17, 15) is 0 Å². The molecule has 0 N–H and O–H groups in total. The molecule has 1 aliphatic rings. The van der Waals surface area contributed by atoms with E-state index in [1.165, 1.54) is 0 Å². The van der Waals surface area contributed by atoms with Crippen LogP contribution in [0, 0.1) is 0 Å². The van der Waals surface area contributed by atoms with Crippen LogP contribution in [0.2, 0.25) is 0 Å². The first-order chi connectivity index (χ1) is 4.34. The number of rotatable bonds is 3. The summed E-state index contributed by atoms with van der Waals surface area (Å²) in [4.78, 5) is 2.05. The molecule has 0 aliphatic carbocycles. The Morgan fingerprint density at radius 1 is 1.56 bits per heavy atom. The lowest BCUT2D eigenvalue weighted by atomic mass is 10.4.